The number of aryl methyl sites for hydroxylation is 5. The molecular formula is C91H86F9N9O21S7. The highest BCUT2D eigenvalue weighted by atomic mass is 32.2. The Balaban J connectivity index is 0.000000184. The fourth-order valence-corrected chi connectivity index (χ4v) is 15.8. The Morgan fingerprint density at radius 3 is 0.650 bits per heavy atom. The van der Waals surface area contributed by atoms with E-state index in [4.69, 9.17) is 45.9 Å². The average Bonchev–Trinajstić information content (AvgIpc) is 1.75. The number of hydrogen-bond acceptors (Lipinski definition) is 27. The monoisotopic (exact) mass is 2030 g/mol. The predicted molar refractivity (Wildman–Crippen MR) is 494 cm³/mol. The van der Waals surface area contributed by atoms with Crippen molar-refractivity contribution in [3.8, 4) is 112 Å². The molecule has 5 heterocycles. The summed E-state index contributed by atoms with van der Waals surface area (Å²) in [5.74, 6) is 2.15. The van der Waals surface area contributed by atoms with E-state index < -0.39 is 80.8 Å². The first-order valence-electron chi connectivity index (χ1n) is 39.3. The topological polar surface area (TPSA) is 457 Å². The van der Waals surface area contributed by atoms with Crippen LogP contribution in [0, 0.1) is 52.1 Å². The summed E-state index contributed by atoms with van der Waals surface area (Å²) in [4.78, 5) is 2.92. The van der Waals surface area contributed by atoms with Crippen LogP contribution < -0.4 is 19.7 Å². The zero-order valence-corrected chi connectivity index (χ0v) is 80.4. The van der Waals surface area contributed by atoms with Gasteiger partial charge in [0.05, 0.1) is 80.5 Å². The molecule has 5 aromatic heterocycles. The van der Waals surface area contributed by atoms with Crippen LogP contribution in [0.2, 0.25) is 0 Å². The summed E-state index contributed by atoms with van der Waals surface area (Å²) in [6, 6.07) is 66.3. The molecule has 726 valence electrons. The number of primary sulfonamides is 2. The molecule has 15 aromatic rings. The lowest BCUT2D eigenvalue weighted by atomic mass is 9.99. The highest BCUT2D eigenvalue weighted by Crippen LogP contribution is 2.42. The summed E-state index contributed by atoms with van der Waals surface area (Å²) in [7, 11) is -17.8. The average molecular weight is 2040 g/mol. The lowest BCUT2D eigenvalue weighted by Gasteiger charge is -2.23. The van der Waals surface area contributed by atoms with Gasteiger partial charge in [-0.15, -0.1) is 0 Å². The highest BCUT2D eigenvalue weighted by molar-refractivity contribution is 7.91. The highest BCUT2D eigenvalue weighted by Gasteiger charge is 2.46. The molecule has 0 unspecified atom stereocenters. The number of quaternary nitrogens is 1. The maximum Gasteiger partial charge on any atom is 0.523 e. The molecule has 4 N–H and O–H groups in total. The zero-order valence-electron chi connectivity index (χ0n) is 74.7. The van der Waals surface area contributed by atoms with Crippen molar-refractivity contribution in [1.29, 1.82) is 0 Å². The predicted octanol–water partition coefficient (Wildman–Crippen LogP) is 18.3. The van der Waals surface area contributed by atoms with Crippen LogP contribution in [0.25, 0.3) is 112 Å². The maximum atomic E-state index is 13.1. The van der Waals surface area contributed by atoms with Crippen LogP contribution >= 0.6 is 0 Å². The SMILES string of the molecule is COS(=O)(=O)C(F)(F)F.Cc1onc(-c2ccc(F)cc2)c1-c1ccc(S(C)(=O)=O)cc1.Cc1onc(-c2ccc(F)cc2)c1-c1ccc(S(N)(=O)=O)cc1.Cc1onc(-c2ccc(N(C)C)cc2)c1-c1ccc(S(C)(=O)=O)cc1.Cc1onc(-c2ccc([18F])cc2)c1-c1ccc(S(N)(=O)=O)cc1.Cc1onc(-c2ccc([N+](C)(C)C)cc2)c1-c1ccc(S(C)(=O)=O)cc1.O=S(=O)([O-])C(F)(F)F. The van der Waals surface area contributed by atoms with Gasteiger partial charge in [0.25, 0.3) is 0 Å². The van der Waals surface area contributed by atoms with Crippen LogP contribution in [0.1, 0.15) is 28.8 Å². The second-order valence-corrected chi connectivity index (χ2v) is 43.1. The molecule has 46 heteroatoms. The van der Waals surface area contributed by atoms with Gasteiger partial charge in [0, 0.05) is 66.4 Å². The minimum atomic E-state index is -6.09. The van der Waals surface area contributed by atoms with E-state index >= 15 is 0 Å². The van der Waals surface area contributed by atoms with E-state index in [1.807, 2.05) is 69.2 Å². The number of nitrogens with two attached hydrogens (primary N) is 2. The van der Waals surface area contributed by atoms with E-state index in [0.717, 1.165) is 100 Å². The molecular weight excluding hydrogens is 1950 g/mol. The number of sulfonamides is 2. The zero-order chi connectivity index (χ0) is 102. The Bertz CT molecular complexity index is 7240. The molecule has 0 fully saturated rings. The molecule has 0 amide bonds. The van der Waals surface area contributed by atoms with Crippen molar-refractivity contribution < 1.29 is 130 Å². The Morgan fingerprint density at radius 2 is 0.496 bits per heavy atom. The Labute approximate surface area is 783 Å². The lowest BCUT2D eigenvalue weighted by Crippen LogP contribution is -2.34. The summed E-state index contributed by atoms with van der Waals surface area (Å²) >= 11 is 0. The third-order valence-corrected chi connectivity index (χ3v) is 26.5. The summed E-state index contributed by atoms with van der Waals surface area (Å²) in [5, 5.41) is 30.7. The number of hydrogen-bond donors (Lipinski definition) is 2. The molecule has 0 bridgehead atoms. The van der Waals surface area contributed by atoms with E-state index in [1.165, 1.54) is 78.9 Å². The van der Waals surface area contributed by atoms with Crippen molar-refractivity contribution >= 4 is 81.2 Å². The maximum absolute atomic E-state index is 13.1. The summed E-state index contributed by atoms with van der Waals surface area (Å²) in [5.41, 5.74) is 6.54. The van der Waals surface area contributed by atoms with Crippen LogP contribution in [-0.4, -0.2) is 161 Å². The largest absolute Gasteiger partial charge is 0.741 e. The normalized spacial score (nSPS) is 12.0. The van der Waals surface area contributed by atoms with E-state index in [-0.39, 0.29) is 32.1 Å². The van der Waals surface area contributed by atoms with Crippen molar-refractivity contribution in [2.45, 2.75) is 70.1 Å². The van der Waals surface area contributed by atoms with Gasteiger partial charge in [-0.2, -0.15) is 34.8 Å². The van der Waals surface area contributed by atoms with Gasteiger partial charge in [-0.25, -0.2) is 74.0 Å². The quantitative estimate of drug-likeness (QED) is 0.0265. The van der Waals surface area contributed by atoms with Crippen molar-refractivity contribution in [2.75, 3.05) is 66.0 Å². The van der Waals surface area contributed by atoms with Gasteiger partial charge in [-0.3, -0.25) is 8.67 Å². The molecule has 0 spiro atoms. The molecule has 0 aliphatic rings. The first kappa shape index (κ1) is 108. The molecule has 30 nitrogen and oxygen atoms in total. The number of anilines is 1. The van der Waals surface area contributed by atoms with Gasteiger partial charge in [0.2, 0.25) is 20.0 Å². The van der Waals surface area contributed by atoms with Crippen molar-refractivity contribution in [1.82, 2.24) is 30.3 Å². The Morgan fingerprint density at radius 1 is 0.314 bits per heavy atom. The van der Waals surface area contributed by atoms with Gasteiger partial charge >= 0.3 is 21.1 Å². The Hall–Kier alpha value is -13.1. The smallest absolute Gasteiger partial charge is 0.523 e. The van der Waals surface area contributed by atoms with E-state index in [9.17, 15) is 90.0 Å². The van der Waals surface area contributed by atoms with E-state index in [0.29, 0.717) is 73.9 Å². The number of rotatable bonds is 18. The molecule has 0 atom stereocenters. The first-order valence-corrected chi connectivity index (χ1v) is 50.9. The molecule has 0 saturated heterocycles. The molecule has 0 radical (unpaired) electrons. The second kappa shape index (κ2) is 43.1. The van der Waals surface area contributed by atoms with Gasteiger partial charge in [-0.05, 0) is 232 Å². The molecule has 0 aliphatic carbocycles. The van der Waals surface area contributed by atoms with Gasteiger partial charge in [0.15, 0.2) is 39.6 Å². The Kier molecular flexibility index (Phi) is 33.8. The number of alkyl halides is 6. The number of benzene rings is 10. The van der Waals surface area contributed by atoms with Crippen LogP contribution in [0.5, 0.6) is 0 Å². The third-order valence-electron chi connectivity index (χ3n) is 19.7. The number of nitrogens with zero attached hydrogens (tertiary/aromatic N) is 7. The number of sulfone groups is 3. The van der Waals surface area contributed by atoms with E-state index in [1.54, 1.807) is 154 Å². The van der Waals surface area contributed by atoms with Crippen molar-refractivity contribution in [3.05, 3.63) is 289 Å². The fourth-order valence-electron chi connectivity index (χ4n) is 12.7. The van der Waals surface area contributed by atoms with Crippen LogP contribution in [0.3, 0.4) is 0 Å². The molecule has 15 rings (SSSR count). The second-order valence-electron chi connectivity index (χ2n) is 30.8. The molecule has 137 heavy (non-hydrogen) atoms. The van der Waals surface area contributed by atoms with Crippen LogP contribution in [0.4, 0.5) is 50.9 Å². The van der Waals surface area contributed by atoms with Gasteiger partial charge in [-0.1, -0.05) is 98.6 Å². The van der Waals surface area contributed by atoms with Gasteiger partial charge in [0.1, 0.15) is 80.4 Å². The summed E-state index contributed by atoms with van der Waals surface area (Å²) in [6.07, 6.45) is 3.56. The fraction of sp³-hybridized carbons (Fsp3) is 0.176. The minimum absolute atomic E-state index is 0.0266. The summed E-state index contributed by atoms with van der Waals surface area (Å²) in [6.45, 7) is 8.99. The summed E-state index contributed by atoms with van der Waals surface area (Å²) < 4.78 is 296. The van der Waals surface area contributed by atoms with Crippen LogP contribution in [0.15, 0.2) is 290 Å². The standard InChI is InChI=1S/C20H23N2O3S.C19H20N2O3S.C17H14FNO3S.2C16H13FN2O3S.C2H3F3O3S.CHF3O3S/c1-14-19(15-8-12-18(13-9-15)26(5,23)24)20(21-25-14)16-6-10-17(11-7-16)22(2,3)4;1-13-18(14-7-11-17(12-8-14)25(4,22)23)19(20-24-13)15-5-9-16(10-6-15)21(2)3;1-11-16(12-5-9-15(10-6-12)23(2,20)21)17(19-22-11)13-3-7-14(18)8-4-13;2*1-10-15(11-4-8-14(9-5-11)23(18,20)21)16(19-22-10)12-2-6-13(17)7-3-12;1-8-9(6,7)2(3,4)5;2-1(3,4)8(5,6)7/h6-13H,1-5H3;5-12H,1-4H3;3-10H,1-2H3;2*2-9H,1H3,(H2,18,20,21);1H3;(H,5,6,7)/q+1;;;;;;/p-1/i;;;17-1;;;. The van der Waals surface area contributed by atoms with Crippen LogP contribution in [-0.2, 0) is 74.0 Å². The van der Waals surface area contributed by atoms with Crippen molar-refractivity contribution in [2.24, 2.45) is 10.3 Å². The van der Waals surface area contributed by atoms with E-state index in [2.05, 4.69) is 63.2 Å². The number of halogens is 9. The molecule has 10 aromatic carbocycles. The molecule has 0 saturated carbocycles. The van der Waals surface area contributed by atoms with Crippen molar-refractivity contribution in [3.63, 3.8) is 0 Å². The molecule has 0 aliphatic heterocycles. The minimum Gasteiger partial charge on any atom is -0.741 e. The van der Waals surface area contributed by atoms with Gasteiger partial charge < -0.3 is 32.1 Å². The third kappa shape index (κ3) is 28.1. The first-order chi connectivity index (χ1) is 63.5. The number of aromatic nitrogens is 5. The lowest BCUT2D eigenvalue weighted by molar-refractivity contribution is -0.0528.